The largest absolute Gasteiger partial charge is 0.349 e. The van der Waals surface area contributed by atoms with Gasteiger partial charge >= 0.3 is 0 Å². The van der Waals surface area contributed by atoms with Crippen molar-refractivity contribution < 1.29 is 4.79 Å². The van der Waals surface area contributed by atoms with E-state index in [0.717, 1.165) is 15.6 Å². The molecular formula is C17H19BrN2O. The fourth-order valence-electron chi connectivity index (χ4n) is 2.30. The first-order valence-corrected chi connectivity index (χ1v) is 7.72. The van der Waals surface area contributed by atoms with Gasteiger partial charge < -0.3 is 11.1 Å². The molecule has 1 amide bonds. The summed E-state index contributed by atoms with van der Waals surface area (Å²) in [4.78, 5) is 12.5. The molecule has 3 N–H and O–H groups in total. The predicted octanol–water partition coefficient (Wildman–Crippen LogP) is 3.37. The molecule has 21 heavy (non-hydrogen) atoms. The van der Waals surface area contributed by atoms with Gasteiger partial charge in [-0.2, -0.15) is 0 Å². The normalized spacial score (nSPS) is 13.5. The molecule has 0 bridgehead atoms. The molecule has 0 aliphatic rings. The highest BCUT2D eigenvalue weighted by atomic mass is 79.9. The van der Waals surface area contributed by atoms with Crippen LogP contribution in [0.4, 0.5) is 0 Å². The van der Waals surface area contributed by atoms with Crippen LogP contribution in [0.2, 0.25) is 0 Å². The Morgan fingerprint density at radius 3 is 2.38 bits per heavy atom. The van der Waals surface area contributed by atoms with Crippen LogP contribution in [-0.4, -0.2) is 12.5 Å². The molecule has 1 unspecified atom stereocenters. The van der Waals surface area contributed by atoms with Gasteiger partial charge in [0, 0.05) is 11.0 Å². The molecule has 4 heteroatoms. The minimum atomic E-state index is -0.323. The molecule has 0 fully saturated rings. The zero-order chi connectivity index (χ0) is 15.2. The van der Waals surface area contributed by atoms with Crippen molar-refractivity contribution in [3.8, 4) is 0 Å². The molecule has 2 atom stereocenters. The van der Waals surface area contributed by atoms with Crippen LogP contribution in [0.1, 0.15) is 30.0 Å². The van der Waals surface area contributed by atoms with Crippen molar-refractivity contribution in [1.29, 1.82) is 0 Å². The van der Waals surface area contributed by atoms with Gasteiger partial charge in [-0.1, -0.05) is 64.5 Å². The lowest BCUT2D eigenvalue weighted by Crippen LogP contribution is -2.35. The van der Waals surface area contributed by atoms with Gasteiger partial charge in [0.05, 0.1) is 12.0 Å². The predicted molar refractivity (Wildman–Crippen MR) is 88.9 cm³/mol. The molecule has 2 rings (SSSR count). The number of halogens is 1. The summed E-state index contributed by atoms with van der Waals surface area (Å²) >= 11 is 3.51. The molecule has 2 aromatic carbocycles. The van der Waals surface area contributed by atoms with Gasteiger partial charge in [0.2, 0.25) is 5.91 Å². The average molecular weight is 347 g/mol. The number of hydrogen-bond donors (Lipinski definition) is 2. The maximum Gasteiger partial charge on any atom is 0.229 e. The molecule has 0 aliphatic heterocycles. The summed E-state index contributed by atoms with van der Waals surface area (Å²) < 4.78 is 0.988. The summed E-state index contributed by atoms with van der Waals surface area (Å²) in [5.74, 6) is -0.372. The summed E-state index contributed by atoms with van der Waals surface area (Å²) in [6, 6.07) is 17.4. The third-order valence-corrected chi connectivity index (χ3v) is 4.21. The Bertz CT molecular complexity index is 601. The number of amides is 1. The Hall–Kier alpha value is -1.65. The number of nitrogens with two attached hydrogens (primary N) is 1. The van der Waals surface area contributed by atoms with Crippen LogP contribution in [0, 0.1) is 0 Å². The van der Waals surface area contributed by atoms with E-state index in [4.69, 9.17) is 5.73 Å². The first-order valence-electron chi connectivity index (χ1n) is 6.93. The fraction of sp³-hybridized carbons (Fsp3) is 0.235. The van der Waals surface area contributed by atoms with E-state index in [1.807, 2.05) is 61.5 Å². The third kappa shape index (κ3) is 3.93. The van der Waals surface area contributed by atoms with Crippen molar-refractivity contribution in [3.63, 3.8) is 0 Å². The highest BCUT2D eigenvalue weighted by molar-refractivity contribution is 9.10. The van der Waals surface area contributed by atoms with Crippen LogP contribution in [0.25, 0.3) is 0 Å². The van der Waals surface area contributed by atoms with Crippen molar-refractivity contribution in [1.82, 2.24) is 5.32 Å². The lowest BCUT2D eigenvalue weighted by molar-refractivity contribution is -0.123. The maximum atomic E-state index is 12.5. The van der Waals surface area contributed by atoms with E-state index in [1.165, 1.54) is 0 Å². The van der Waals surface area contributed by atoms with Gasteiger partial charge in [0.25, 0.3) is 0 Å². The van der Waals surface area contributed by atoms with Gasteiger partial charge in [-0.15, -0.1) is 0 Å². The quantitative estimate of drug-likeness (QED) is 0.871. The van der Waals surface area contributed by atoms with E-state index in [9.17, 15) is 4.79 Å². The SMILES string of the molecule is C[C@@H](NC(=O)C(CN)c1ccccc1)c1ccccc1Br. The molecule has 0 spiro atoms. The standard InChI is InChI=1S/C17H19BrN2O/c1-12(14-9-5-6-10-16(14)18)20-17(21)15(11-19)13-7-3-2-4-8-13/h2-10,12,15H,11,19H2,1H3,(H,20,21)/t12-,15?/m1/s1. The minimum Gasteiger partial charge on any atom is -0.349 e. The topological polar surface area (TPSA) is 55.1 Å². The summed E-state index contributed by atoms with van der Waals surface area (Å²) in [7, 11) is 0. The van der Waals surface area contributed by atoms with E-state index < -0.39 is 0 Å². The van der Waals surface area contributed by atoms with E-state index in [0.29, 0.717) is 6.54 Å². The van der Waals surface area contributed by atoms with Crippen LogP contribution < -0.4 is 11.1 Å². The van der Waals surface area contributed by atoms with Crippen LogP contribution >= 0.6 is 15.9 Å². The third-order valence-electron chi connectivity index (χ3n) is 3.48. The van der Waals surface area contributed by atoms with Crippen molar-refractivity contribution >= 4 is 21.8 Å². The van der Waals surface area contributed by atoms with Crippen LogP contribution in [0.3, 0.4) is 0 Å². The van der Waals surface area contributed by atoms with E-state index >= 15 is 0 Å². The molecule has 0 radical (unpaired) electrons. The monoisotopic (exact) mass is 346 g/mol. The Morgan fingerprint density at radius 1 is 1.14 bits per heavy atom. The van der Waals surface area contributed by atoms with Gasteiger partial charge in [-0.3, -0.25) is 4.79 Å². The maximum absolute atomic E-state index is 12.5. The Kier molecular flexibility index (Phi) is 5.53. The molecule has 2 aromatic rings. The highest BCUT2D eigenvalue weighted by Crippen LogP contribution is 2.24. The molecule has 3 nitrogen and oxygen atoms in total. The van der Waals surface area contributed by atoms with Gasteiger partial charge in [-0.25, -0.2) is 0 Å². The molecule has 0 heterocycles. The number of benzene rings is 2. The number of rotatable bonds is 5. The Morgan fingerprint density at radius 2 is 1.76 bits per heavy atom. The van der Waals surface area contributed by atoms with Gasteiger partial charge in [0.1, 0.15) is 0 Å². The highest BCUT2D eigenvalue weighted by Gasteiger charge is 2.21. The lowest BCUT2D eigenvalue weighted by atomic mass is 9.97. The number of nitrogens with one attached hydrogen (secondary N) is 1. The first-order chi connectivity index (χ1) is 10.1. The smallest absolute Gasteiger partial charge is 0.229 e. The summed E-state index contributed by atoms with van der Waals surface area (Å²) in [5.41, 5.74) is 7.77. The second-order valence-corrected chi connectivity index (χ2v) is 5.81. The molecular weight excluding hydrogens is 328 g/mol. The zero-order valence-corrected chi connectivity index (χ0v) is 13.5. The average Bonchev–Trinajstić information content (AvgIpc) is 2.49. The first kappa shape index (κ1) is 15.7. The number of hydrogen-bond acceptors (Lipinski definition) is 2. The Balaban J connectivity index is 2.11. The second kappa shape index (κ2) is 7.38. The second-order valence-electron chi connectivity index (χ2n) is 4.95. The van der Waals surface area contributed by atoms with Crippen molar-refractivity contribution in [3.05, 3.63) is 70.2 Å². The molecule has 0 aromatic heterocycles. The van der Waals surface area contributed by atoms with Crippen molar-refractivity contribution in [2.75, 3.05) is 6.54 Å². The number of carbonyl (C=O) groups excluding carboxylic acids is 1. The minimum absolute atomic E-state index is 0.0491. The Labute approximate surface area is 133 Å². The molecule has 0 aliphatic carbocycles. The zero-order valence-electron chi connectivity index (χ0n) is 11.9. The lowest BCUT2D eigenvalue weighted by Gasteiger charge is -2.20. The molecule has 0 saturated carbocycles. The van der Waals surface area contributed by atoms with E-state index in [2.05, 4.69) is 21.2 Å². The molecule has 110 valence electrons. The van der Waals surface area contributed by atoms with Crippen LogP contribution in [0.5, 0.6) is 0 Å². The van der Waals surface area contributed by atoms with Crippen LogP contribution in [-0.2, 0) is 4.79 Å². The fourth-order valence-corrected chi connectivity index (χ4v) is 2.93. The summed E-state index contributed by atoms with van der Waals surface area (Å²) in [6.45, 7) is 2.26. The van der Waals surface area contributed by atoms with Gasteiger partial charge in [-0.05, 0) is 24.1 Å². The van der Waals surface area contributed by atoms with E-state index in [-0.39, 0.29) is 17.9 Å². The molecule has 0 saturated heterocycles. The summed E-state index contributed by atoms with van der Waals surface area (Å²) in [5, 5.41) is 3.04. The van der Waals surface area contributed by atoms with Crippen molar-refractivity contribution in [2.24, 2.45) is 5.73 Å². The van der Waals surface area contributed by atoms with E-state index in [1.54, 1.807) is 0 Å². The summed E-state index contributed by atoms with van der Waals surface area (Å²) in [6.07, 6.45) is 0. The van der Waals surface area contributed by atoms with Crippen LogP contribution in [0.15, 0.2) is 59.1 Å². The van der Waals surface area contributed by atoms with Gasteiger partial charge in [0.15, 0.2) is 0 Å². The number of carbonyl (C=O) groups is 1. The van der Waals surface area contributed by atoms with Crippen molar-refractivity contribution in [2.45, 2.75) is 18.9 Å².